The Bertz CT molecular complexity index is 250. The first-order valence-corrected chi connectivity index (χ1v) is 5.92. The van der Waals surface area contributed by atoms with Crippen LogP contribution in [-0.4, -0.2) is 43.2 Å². The molecule has 1 aliphatic carbocycles. The Morgan fingerprint density at radius 2 is 1.94 bits per heavy atom. The summed E-state index contributed by atoms with van der Waals surface area (Å²) in [5.41, 5.74) is 0. The lowest BCUT2D eigenvalue weighted by Gasteiger charge is -2.19. The molecule has 0 aromatic heterocycles. The number of hydrogen-bond acceptors (Lipinski definition) is 2. The summed E-state index contributed by atoms with van der Waals surface area (Å²) in [4.78, 5) is 12.6. The van der Waals surface area contributed by atoms with Gasteiger partial charge < -0.3 is 10.2 Å². The molecule has 0 aliphatic heterocycles. The van der Waals surface area contributed by atoms with Gasteiger partial charge in [0.25, 0.3) is 0 Å². The zero-order valence-electron chi connectivity index (χ0n) is 10.0. The fourth-order valence-electron chi connectivity index (χ4n) is 1.92. The Kier molecular flexibility index (Phi) is 5.24. The Labute approximate surface area is 99.4 Å². The zero-order chi connectivity index (χ0) is 12.9. The number of carbonyl (C=O) groups is 1. The molecule has 0 saturated heterocycles. The largest absolute Gasteiger partial charge is 0.390 e. The molecule has 1 amide bonds. The maximum atomic E-state index is 12.0. The minimum absolute atomic E-state index is 0.138. The summed E-state index contributed by atoms with van der Waals surface area (Å²) in [6.45, 7) is -0.131. The molecule has 0 unspecified atom stereocenters. The van der Waals surface area contributed by atoms with Crippen LogP contribution in [0.5, 0.6) is 0 Å². The number of nitrogens with zero attached hydrogens (tertiary/aromatic N) is 1. The van der Waals surface area contributed by atoms with Crippen molar-refractivity contribution in [3.63, 3.8) is 0 Å². The van der Waals surface area contributed by atoms with Gasteiger partial charge in [0.15, 0.2) is 0 Å². The van der Waals surface area contributed by atoms with Crippen molar-refractivity contribution < 1.29 is 18.0 Å². The summed E-state index contributed by atoms with van der Waals surface area (Å²) >= 11 is 0. The quantitative estimate of drug-likeness (QED) is 0.811. The molecule has 1 rings (SSSR count). The maximum absolute atomic E-state index is 12.0. The van der Waals surface area contributed by atoms with Gasteiger partial charge in [-0.05, 0) is 12.8 Å². The first-order valence-electron chi connectivity index (χ1n) is 5.92. The maximum Gasteiger partial charge on any atom is 0.390 e. The van der Waals surface area contributed by atoms with Crippen molar-refractivity contribution in [1.82, 2.24) is 10.2 Å². The third-order valence-corrected chi connectivity index (χ3v) is 3.05. The summed E-state index contributed by atoms with van der Waals surface area (Å²) in [5.74, 6) is -0.277. The Morgan fingerprint density at radius 3 is 2.47 bits per heavy atom. The van der Waals surface area contributed by atoms with Gasteiger partial charge in [-0.1, -0.05) is 12.8 Å². The minimum atomic E-state index is -4.20. The molecule has 0 radical (unpaired) electrons. The van der Waals surface area contributed by atoms with Crippen molar-refractivity contribution in [2.75, 3.05) is 20.1 Å². The SMILES string of the molecule is CN(CCC(F)(F)F)C(=O)CNC1CCCC1. The van der Waals surface area contributed by atoms with E-state index >= 15 is 0 Å². The molecule has 1 aliphatic rings. The third kappa shape index (κ3) is 5.91. The highest BCUT2D eigenvalue weighted by Gasteiger charge is 2.28. The average Bonchev–Trinajstić information content (AvgIpc) is 2.74. The summed E-state index contributed by atoms with van der Waals surface area (Å²) in [7, 11) is 1.41. The van der Waals surface area contributed by atoms with Crippen molar-refractivity contribution in [2.24, 2.45) is 0 Å². The molecule has 0 bridgehead atoms. The molecule has 1 fully saturated rings. The van der Waals surface area contributed by atoms with Crippen LogP contribution in [0.3, 0.4) is 0 Å². The van der Waals surface area contributed by atoms with Crippen molar-refractivity contribution >= 4 is 5.91 Å². The molecule has 6 heteroatoms. The van der Waals surface area contributed by atoms with Gasteiger partial charge in [-0.15, -0.1) is 0 Å². The van der Waals surface area contributed by atoms with Crippen molar-refractivity contribution in [3.05, 3.63) is 0 Å². The molecule has 0 heterocycles. The van der Waals surface area contributed by atoms with Crippen LogP contribution in [0.4, 0.5) is 13.2 Å². The predicted octanol–water partition coefficient (Wildman–Crippen LogP) is 1.93. The van der Waals surface area contributed by atoms with Crippen LogP contribution in [-0.2, 0) is 4.79 Å². The number of hydrogen-bond donors (Lipinski definition) is 1. The van der Waals surface area contributed by atoms with Crippen LogP contribution in [0.15, 0.2) is 0 Å². The van der Waals surface area contributed by atoms with Gasteiger partial charge in [0, 0.05) is 19.6 Å². The van der Waals surface area contributed by atoms with Crippen LogP contribution in [0.2, 0.25) is 0 Å². The van der Waals surface area contributed by atoms with E-state index in [2.05, 4.69) is 5.32 Å². The van der Waals surface area contributed by atoms with E-state index in [-0.39, 0.29) is 19.0 Å². The van der Waals surface area contributed by atoms with Crippen LogP contribution in [0, 0.1) is 0 Å². The van der Waals surface area contributed by atoms with E-state index < -0.39 is 12.6 Å². The summed E-state index contributed by atoms with van der Waals surface area (Å²) in [5, 5.41) is 3.09. The fraction of sp³-hybridized carbons (Fsp3) is 0.909. The Hall–Kier alpha value is -0.780. The summed E-state index contributed by atoms with van der Waals surface area (Å²) in [6.07, 6.45) is -0.712. The summed E-state index contributed by atoms with van der Waals surface area (Å²) in [6, 6.07) is 0.356. The first kappa shape index (κ1) is 14.3. The van der Waals surface area contributed by atoms with E-state index in [4.69, 9.17) is 0 Å². The highest BCUT2D eigenvalue weighted by molar-refractivity contribution is 5.77. The predicted molar refractivity (Wildman–Crippen MR) is 58.6 cm³/mol. The lowest BCUT2D eigenvalue weighted by Crippen LogP contribution is -2.40. The molecular weight excluding hydrogens is 233 g/mol. The van der Waals surface area contributed by atoms with E-state index in [1.165, 1.54) is 7.05 Å². The average molecular weight is 252 g/mol. The van der Waals surface area contributed by atoms with Crippen molar-refractivity contribution in [3.8, 4) is 0 Å². The van der Waals surface area contributed by atoms with Crippen molar-refractivity contribution in [1.29, 1.82) is 0 Å². The molecule has 1 N–H and O–H groups in total. The van der Waals surface area contributed by atoms with Crippen LogP contribution in [0.1, 0.15) is 32.1 Å². The topological polar surface area (TPSA) is 32.3 Å². The van der Waals surface area contributed by atoms with E-state index in [9.17, 15) is 18.0 Å². The van der Waals surface area contributed by atoms with Gasteiger partial charge in [-0.25, -0.2) is 0 Å². The first-order chi connectivity index (χ1) is 7.88. The highest BCUT2D eigenvalue weighted by atomic mass is 19.4. The third-order valence-electron chi connectivity index (χ3n) is 3.05. The standard InChI is InChI=1S/C11H19F3N2O/c1-16(7-6-11(12,13)14)10(17)8-15-9-4-2-3-5-9/h9,15H,2-8H2,1H3. The Morgan fingerprint density at radius 1 is 1.35 bits per heavy atom. The second-order valence-electron chi connectivity index (χ2n) is 4.54. The molecular formula is C11H19F3N2O. The van der Waals surface area contributed by atoms with Gasteiger partial charge in [0.2, 0.25) is 5.91 Å². The second kappa shape index (κ2) is 6.23. The van der Waals surface area contributed by atoms with Gasteiger partial charge in [-0.3, -0.25) is 4.79 Å². The fourth-order valence-corrected chi connectivity index (χ4v) is 1.92. The zero-order valence-corrected chi connectivity index (χ0v) is 10.0. The monoisotopic (exact) mass is 252 g/mol. The van der Waals surface area contributed by atoms with Crippen LogP contribution < -0.4 is 5.32 Å². The molecule has 1 saturated carbocycles. The number of rotatable bonds is 5. The highest BCUT2D eigenvalue weighted by Crippen LogP contribution is 2.19. The molecule has 100 valence electrons. The number of halogens is 3. The molecule has 3 nitrogen and oxygen atoms in total. The number of likely N-dealkylation sites (N-methyl/N-ethyl adjacent to an activating group) is 1. The number of alkyl halides is 3. The number of carbonyl (C=O) groups excluding carboxylic acids is 1. The van der Waals surface area contributed by atoms with Gasteiger partial charge in [-0.2, -0.15) is 13.2 Å². The molecule has 0 spiro atoms. The van der Waals surface area contributed by atoms with E-state index in [0.717, 1.165) is 30.6 Å². The smallest absolute Gasteiger partial charge is 0.344 e. The molecule has 17 heavy (non-hydrogen) atoms. The second-order valence-corrected chi connectivity index (χ2v) is 4.54. The normalized spacial score (nSPS) is 17.4. The van der Waals surface area contributed by atoms with Crippen LogP contribution >= 0.6 is 0 Å². The van der Waals surface area contributed by atoms with Gasteiger partial charge >= 0.3 is 6.18 Å². The van der Waals surface area contributed by atoms with Crippen LogP contribution in [0.25, 0.3) is 0 Å². The van der Waals surface area contributed by atoms with Gasteiger partial charge in [0.05, 0.1) is 13.0 Å². The molecule has 0 aromatic carbocycles. The van der Waals surface area contributed by atoms with Gasteiger partial charge in [0.1, 0.15) is 0 Å². The molecule has 0 aromatic rings. The number of nitrogens with one attached hydrogen (secondary N) is 1. The number of amides is 1. The Balaban J connectivity index is 2.17. The minimum Gasteiger partial charge on any atom is -0.344 e. The van der Waals surface area contributed by atoms with E-state index in [1.54, 1.807) is 0 Å². The van der Waals surface area contributed by atoms with E-state index in [1.807, 2.05) is 0 Å². The lowest BCUT2D eigenvalue weighted by molar-refractivity contribution is -0.143. The van der Waals surface area contributed by atoms with Crippen molar-refractivity contribution in [2.45, 2.75) is 44.3 Å². The molecule has 0 atom stereocenters. The lowest BCUT2D eigenvalue weighted by atomic mass is 10.2. The van der Waals surface area contributed by atoms with E-state index in [0.29, 0.717) is 6.04 Å². The summed E-state index contributed by atoms with van der Waals surface area (Å²) < 4.78 is 35.9.